The fourth-order valence-corrected chi connectivity index (χ4v) is 1.51. The van der Waals surface area contributed by atoms with Gasteiger partial charge in [0.05, 0.1) is 6.61 Å². The normalized spacial score (nSPS) is 12.3. The molecule has 2 rings (SSSR count). The summed E-state index contributed by atoms with van der Waals surface area (Å²) in [7, 11) is 0. The first kappa shape index (κ1) is 13.6. The third-order valence-electron chi connectivity index (χ3n) is 2.47. The molecule has 2 aromatic rings. The Bertz CT molecular complexity index is 564. The number of carbonyl (C=O) groups is 1. The highest BCUT2D eigenvalue weighted by Crippen LogP contribution is 2.21. The van der Waals surface area contributed by atoms with Gasteiger partial charge in [0.25, 0.3) is 0 Å². The molecule has 0 aliphatic heterocycles. The lowest BCUT2D eigenvalue weighted by atomic mass is 10.2. The highest BCUT2D eigenvalue weighted by Gasteiger charge is 2.13. The predicted molar refractivity (Wildman–Crippen MR) is 68.8 cm³/mol. The molecule has 0 aliphatic rings. The Balaban J connectivity index is 2.03. The molecule has 1 atom stereocenters. The Morgan fingerprint density at radius 2 is 2.16 bits per heavy atom. The van der Waals surface area contributed by atoms with Gasteiger partial charge in [-0.2, -0.15) is 0 Å². The molecule has 1 N–H and O–H groups in total. The van der Waals surface area contributed by atoms with E-state index in [0.29, 0.717) is 16.6 Å². The van der Waals surface area contributed by atoms with E-state index >= 15 is 0 Å². The second-order valence-corrected chi connectivity index (χ2v) is 4.38. The second kappa shape index (κ2) is 5.86. The van der Waals surface area contributed by atoms with Crippen molar-refractivity contribution in [3.63, 3.8) is 0 Å². The summed E-state index contributed by atoms with van der Waals surface area (Å²) in [5.41, 5.74) is 1.33. The third kappa shape index (κ3) is 3.56. The number of aromatic nitrogens is 1. The van der Waals surface area contributed by atoms with Crippen molar-refractivity contribution < 1.29 is 19.1 Å². The lowest BCUT2D eigenvalue weighted by molar-refractivity contribution is -0.149. The number of ether oxygens (including phenoxy) is 1. The van der Waals surface area contributed by atoms with Gasteiger partial charge in [0, 0.05) is 10.6 Å². The van der Waals surface area contributed by atoms with Crippen molar-refractivity contribution in [2.24, 2.45) is 0 Å². The molecule has 19 heavy (non-hydrogen) atoms. The van der Waals surface area contributed by atoms with Crippen molar-refractivity contribution >= 4 is 17.6 Å². The molecular formula is C13H12ClNO4. The van der Waals surface area contributed by atoms with E-state index in [4.69, 9.17) is 25.9 Å². The van der Waals surface area contributed by atoms with Crippen LogP contribution in [0.15, 0.2) is 34.9 Å². The molecule has 1 aromatic heterocycles. The average molecular weight is 282 g/mol. The highest BCUT2D eigenvalue weighted by atomic mass is 35.5. The van der Waals surface area contributed by atoms with E-state index in [-0.39, 0.29) is 6.61 Å². The summed E-state index contributed by atoms with van der Waals surface area (Å²) in [5, 5.41) is 9.32. The topological polar surface area (TPSA) is 72.6 Å². The van der Waals surface area contributed by atoms with Crippen LogP contribution in [0.1, 0.15) is 12.6 Å². The van der Waals surface area contributed by atoms with E-state index in [9.17, 15) is 4.79 Å². The van der Waals surface area contributed by atoms with E-state index in [1.54, 1.807) is 24.3 Å². The molecule has 1 heterocycles. The van der Waals surface area contributed by atoms with Gasteiger partial charge in [-0.15, -0.1) is 0 Å². The molecule has 0 saturated heterocycles. The number of hydrogen-bond acceptors (Lipinski definition) is 4. The Kier molecular flexibility index (Phi) is 4.19. The first-order valence-electron chi connectivity index (χ1n) is 5.61. The first-order valence-corrected chi connectivity index (χ1v) is 5.99. The maximum atomic E-state index is 10.6. The van der Waals surface area contributed by atoms with Crippen molar-refractivity contribution in [2.75, 3.05) is 0 Å². The minimum absolute atomic E-state index is 0.0879. The van der Waals surface area contributed by atoms with Crippen LogP contribution in [-0.2, 0) is 16.1 Å². The third-order valence-corrected chi connectivity index (χ3v) is 2.72. The highest BCUT2D eigenvalue weighted by molar-refractivity contribution is 6.30. The molecule has 0 radical (unpaired) electrons. The number of aliphatic carboxylic acids is 1. The van der Waals surface area contributed by atoms with Crippen LogP contribution in [-0.4, -0.2) is 22.2 Å². The quantitative estimate of drug-likeness (QED) is 0.912. The van der Waals surface area contributed by atoms with Crippen LogP contribution in [0.3, 0.4) is 0 Å². The number of hydrogen-bond donors (Lipinski definition) is 1. The van der Waals surface area contributed by atoms with Gasteiger partial charge in [-0.3, -0.25) is 0 Å². The van der Waals surface area contributed by atoms with Crippen molar-refractivity contribution in [1.29, 1.82) is 0 Å². The second-order valence-electron chi connectivity index (χ2n) is 3.94. The minimum Gasteiger partial charge on any atom is -0.479 e. The summed E-state index contributed by atoms with van der Waals surface area (Å²) >= 11 is 5.79. The summed E-state index contributed by atoms with van der Waals surface area (Å²) in [6.07, 6.45) is 0.564. The van der Waals surface area contributed by atoms with Crippen LogP contribution >= 0.6 is 11.6 Å². The van der Waals surface area contributed by atoms with Gasteiger partial charge < -0.3 is 14.3 Å². The molecule has 0 spiro atoms. The monoisotopic (exact) mass is 281 g/mol. The summed E-state index contributed by atoms with van der Waals surface area (Å²) in [6, 6.07) is 7.06. The number of halogens is 1. The fraction of sp³-hybridized carbons (Fsp3) is 0.231. The molecule has 1 aromatic carbocycles. The summed E-state index contributed by atoms with van der Waals surface area (Å²) in [6.45, 7) is 1.55. The molecule has 0 amide bonds. The molecule has 100 valence electrons. The molecule has 5 nitrogen and oxygen atoms in total. The van der Waals surface area contributed by atoms with Crippen LogP contribution in [0.5, 0.6) is 0 Å². The van der Waals surface area contributed by atoms with Crippen molar-refractivity contribution in [3.05, 3.63) is 41.2 Å². The van der Waals surface area contributed by atoms with Gasteiger partial charge in [-0.25, -0.2) is 9.78 Å². The summed E-state index contributed by atoms with van der Waals surface area (Å²) in [4.78, 5) is 14.8. The predicted octanol–water partition coefficient (Wildman–Crippen LogP) is 2.98. The number of carboxylic acid groups (broad SMARTS) is 1. The van der Waals surface area contributed by atoms with Gasteiger partial charge in [-0.1, -0.05) is 11.6 Å². The van der Waals surface area contributed by atoms with E-state index in [2.05, 4.69) is 4.98 Å². The minimum atomic E-state index is -1.01. The van der Waals surface area contributed by atoms with Gasteiger partial charge in [0.15, 0.2) is 6.10 Å². The number of rotatable bonds is 5. The van der Waals surface area contributed by atoms with E-state index < -0.39 is 12.1 Å². The molecule has 0 aliphatic carbocycles. The van der Waals surface area contributed by atoms with Crippen LogP contribution in [0.25, 0.3) is 11.5 Å². The Hall–Kier alpha value is -1.85. The molecule has 0 fully saturated rings. The molecule has 6 heteroatoms. The summed E-state index contributed by atoms with van der Waals surface area (Å²) < 4.78 is 10.4. The average Bonchev–Trinajstić information content (AvgIpc) is 2.85. The van der Waals surface area contributed by atoms with Crippen molar-refractivity contribution in [2.45, 2.75) is 19.6 Å². The zero-order valence-corrected chi connectivity index (χ0v) is 10.9. The molecular weight excluding hydrogens is 270 g/mol. The number of oxazole rings is 1. The fourth-order valence-electron chi connectivity index (χ4n) is 1.38. The zero-order chi connectivity index (χ0) is 13.8. The Morgan fingerprint density at radius 1 is 1.47 bits per heavy atom. The van der Waals surface area contributed by atoms with Crippen molar-refractivity contribution in [3.8, 4) is 11.5 Å². The molecule has 0 bridgehead atoms. The number of carboxylic acids is 1. The standard InChI is InChI=1S/C13H12ClNO4/c1-8(13(16)17)18-6-11-7-19-12(15-11)9-2-4-10(14)5-3-9/h2-5,7-8H,6H2,1H3,(H,16,17)/t8-/m1/s1. The van der Waals surface area contributed by atoms with E-state index in [0.717, 1.165) is 5.56 Å². The molecule has 0 saturated carbocycles. The van der Waals surface area contributed by atoms with Gasteiger partial charge >= 0.3 is 5.97 Å². The van der Waals surface area contributed by atoms with E-state index in [1.807, 2.05) is 0 Å². The van der Waals surface area contributed by atoms with Crippen LogP contribution in [0.4, 0.5) is 0 Å². The maximum Gasteiger partial charge on any atom is 0.332 e. The van der Waals surface area contributed by atoms with Gasteiger partial charge in [0.1, 0.15) is 12.0 Å². The van der Waals surface area contributed by atoms with Crippen LogP contribution < -0.4 is 0 Å². The Morgan fingerprint density at radius 3 is 2.79 bits per heavy atom. The van der Waals surface area contributed by atoms with Gasteiger partial charge in [-0.05, 0) is 31.2 Å². The lowest BCUT2D eigenvalue weighted by Crippen LogP contribution is -2.19. The SMILES string of the molecule is C[C@@H](OCc1coc(-c2ccc(Cl)cc2)n1)C(=O)O. The maximum absolute atomic E-state index is 10.6. The smallest absolute Gasteiger partial charge is 0.332 e. The lowest BCUT2D eigenvalue weighted by Gasteiger charge is -2.05. The van der Waals surface area contributed by atoms with Gasteiger partial charge in [0.2, 0.25) is 5.89 Å². The zero-order valence-electron chi connectivity index (χ0n) is 10.2. The van der Waals surface area contributed by atoms with Crippen LogP contribution in [0.2, 0.25) is 5.02 Å². The summed E-state index contributed by atoms with van der Waals surface area (Å²) in [5.74, 6) is -0.570. The number of nitrogens with zero attached hydrogens (tertiary/aromatic N) is 1. The first-order chi connectivity index (χ1) is 9.06. The largest absolute Gasteiger partial charge is 0.479 e. The van der Waals surface area contributed by atoms with Crippen LogP contribution in [0, 0.1) is 0 Å². The number of benzene rings is 1. The Labute approximate surface area is 114 Å². The molecule has 0 unspecified atom stereocenters. The van der Waals surface area contributed by atoms with E-state index in [1.165, 1.54) is 13.2 Å². The van der Waals surface area contributed by atoms with Crippen molar-refractivity contribution in [1.82, 2.24) is 4.98 Å².